The van der Waals surface area contributed by atoms with Gasteiger partial charge in [0.2, 0.25) is 11.0 Å². The predicted octanol–water partition coefficient (Wildman–Crippen LogP) is 1.78. The first kappa shape index (κ1) is 13.7. The number of nitrogens with one attached hydrogen (secondary N) is 1. The summed E-state index contributed by atoms with van der Waals surface area (Å²) in [5, 5.41) is 10.6. The van der Waals surface area contributed by atoms with Gasteiger partial charge in [-0.25, -0.2) is 0 Å². The standard InChI is InChI=1S/C14H14N4O2S/c19-12(16-14-17-15-9-21-14)11-7-4-8-18(11)13(20)10-5-2-1-3-6-10/h1-3,5-6,9,11H,4,7-8H2,(H,16,17,19). The monoisotopic (exact) mass is 302 g/mol. The van der Waals surface area contributed by atoms with Gasteiger partial charge in [-0.1, -0.05) is 29.5 Å². The molecule has 0 saturated carbocycles. The number of rotatable bonds is 3. The van der Waals surface area contributed by atoms with E-state index in [9.17, 15) is 9.59 Å². The molecule has 21 heavy (non-hydrogen) atoms. The smallest absolute Gasteiger partial charge is 0.254 e. The van der Waals surface area contributed by atoms with Crippen LogP contribution < -0.4 is 5.32 Å². The maximum Gasteiger partial charge on any atom is 0.254 e. The highest BCUT2D eigenvalue weighted by molar-refractivity contribution is 7.13. The molecule has 1 aliphatic rings. The van der Waals surface area contributed by atoms with Gasteiger partial charge in [0.15, 0.2) is 0 Å². The summed E-state index contributed by atoms with van der Waals surface area (Å²) in [7, 11) is 0. The number of likely N-dealkylation sites (tertiary alicyclic amines) is 1. The molecular formula is C14H14N4O2S. The molecule has 3 rings (SSSR count). The van der Waals surface area contributed by atoms with Crippen LogP contribution in [0.1, 0.15) is 23.2 Å². The minimum Gasteiger partial charge on any atom is -0.327 e. The third-order valence-electron chi connectivity index (χ3n) is 3.43. The molecule has 1 saturated heterocycles. The summed E-state index contributed by atoms with van der Waals surface area (Å²) in [6.45, 7) is 0.599. The Morgan fingerprint density at radius 3 is 2.81 bits per heavy atom. The summed E-state index contributed by atoms with van der Waals surface area (Å²) in [6, 6.07) is 8.59. The Morgan fingerprint density at radius 1 is 1.29 bits per heavy atom. The summed E-state index contributed by atoms with van der Waals surface area (Å²) >= 11 is 1.26. The van der Waals surface area contributed by atoms with E-state index < -0.39 is 6.04 Å². The molecule has 1 aromatic carbocycles. The molecule has 1 aromatic heterocycles. The van der Waals surface area contributed by atoms with Crippen molar-refractivity contribution in [1.29, 1.82) is 0 Å². The molecule has 108 valence electrons. The highest BCUT2D eigenvalue weighted by Gasteiger charge is 2.34. The van der Waals surface area contributed by atoms with Crippen LogP contribution in [0.2, 0.25) is 0 Å². The van der Waals surface area contributed by atoms with Gasteiger partial charge in [0.25, 0.3) is 5.91 Å². The van der Waals surface area contributed by atoms with Gasteiger partial charge >= 0.3 is 0 Å². The van der Waals surface area contributed by atoms with Crippen LogP contribution in [0.4, 0.5) is 5.13 Å². The van der Waals surface area contributed by atoms with Crippen LogP contribution in [-0.4, -0.2) is 39.5 Å². The van der Waals surface area contributed by atoms with Crippen molar-refractivity contribution in [3.8, 4) is 0 Å². The first-order valence-corrected chi connectivity index (χ1v) is 7.57. The molecular weight excluding hydrogens is 288 g/mol. The van der Waals surface area contributed by atoms with Gasteiger partial charge in [0.05, 0.1) is 0 Å². The summed E-state index contributed by atoms with van der Waals surface area (Å²) in [5.74, 6) is -0.306. The Hall–Kier alpha value is -2.28. The number of aromatic nitrogens is 2. The minimum atomic E-state index is -0.443. The van der Waals surface area contributed by atoms with Crippen LogP contribution in [0.15, 0.2) is 35.8 Å². The number of carbonyl (C=O) groups is 2. The van der Waals surface area contributed by atoms with Crippen molar-refractivity contribution in [2.45, 2.75) is 18.9 Å². The largest absolute Gasteiger partial charge is 0.327 e. The lowest BCUT2D eigenvalue weighted by Crippen LogP contribution is -2.43. The zero-order valence-corrected chi connectivity index (χ0v) is 12.0. The molecule has 1 N–H and O–H groups in total. The van der Waals surface area contributed by atoms with E-state index in [4.69, 9.17) is 0 Å². The van der Waals surface area contributed by atoms with E-state index in [-0.39, 0.29) is 11.8 Å². The van der Waals surface area contributed by atoms with E-state index in [1.165, 1.54) is 11.3 Å². The second-order valence-electron chi connectivity index (χ2n) is 4.76. The van der Waals surface area contributed by atoms with Gasteiger partial charge in [0, 0.05) is 12.1 Å². The lowest BCUT2D eigenvalue weighted by Gasteiger charge is -2.23. The van der Waals surface area contributed by atoms with Gasteiger partial charge in [-0.3, -0.25) is 14.9 Å². The fourth-order valence-corrected chi connectivity index (χ4v) is 2.89. The Labute approximate surface area is 125 Å². The highest BCUT2D eigenvalue weighted by atomic mass is 32.1. The van der Waals surface area contributed by atoms with Gasteiger partial charge in [-0.2, -0.15) is 0 Å². The normalized spacial score (nSPS) is 17.7. The first-order valence-electron chi connectivity index (χ1n) is 6.69. The summed E-state index contributed by atoms with van der Waals surface area (Å²) in [5.41, 5.74) is 2.16. The summed E-state index contributed by atoms with van der Waals surface area (Å²) in [4.78, 5) is 26.4. The van der Waals surface area contributed by atoms with Crippen LogP contribution in [0, 0.1) is 0 Å². The fourth-order valence-electron chi connectivity index (χ4n) is 2.45. The Morgan fingerprint density at radius 2 is 2.10 bits per heavy atom. The Balaban J connectivity index is 1.73. The molecule has 2 heterocycles. The van der Waals surface area contributed by atoms with Crippen LogP contribution >= 0.6 is 11.3 Å². The first-order chi connectivity index (χ1) is 10.3. The maximum absolute atomic E-state index is 12.5. The van der Waals surface area contributed by atoms with Crippen molar-refractivity contribution in [1.82, 2.24) is 15.1 Å². The van der Waals surface area contributed by atoms with E-state index in [2.05, 4.69) is 15.5 Å². The number of nitrogens with zero attached hydrogens (tertiary/aromatic N) is 3. The lowest BCUT2D eigenvalue weighted by atomic mass is 10.1. The van der Waals surface area contributed by atoms with Crippen LogP contribution in [0.3, 0.4) is 0 Å². The van der Waals surface area contributed by atoms with Crippen LogP contribution in [0.25, 0.3) is 0 Å². The van der Waals surface area contributed by atoms with Crippen molar-refractivity contribution in [3.05, 3.63) is 41.4 Å². The van der Waals surface area contributed by atoms with E-state index >= 15 is 0 Å². The number of benzene rings is 1. The Bertz CT molecular complexity index is 630. The molecule has 0 spiro atoms. The van der Waals surface area contributed by atoms with E-state index in [0.29, 0.717) is 23.7 Å². The quantitative estimate of drug-likeness (QED) is 0.938. The number of hydrogen-bond donors (Lipinski definition) is 1. The highest BCUT2D eigenvalue weighted by Crippen LogP contribution is 2.22. The van der Waals surface area contributed by atoms with E-state index in [1.807, 2.05) is 18.2 Å². The Kier molecular flexibility index (Phi) is 3.92. The molecule has 6 nitrogen and oxygen atoms in total. The van der Waals surface area contributed by atoms with Gasteiger partial charge in [0.1, 0.15) is 11.6 Å². The zero-order valence-electron chi connectivity index (χ0n) is 11.2. The molecule has 1 atom stereocenters. The van der Waals surface area contributed by atoms with Gasteiger partial charge < -0.3 is 4.90 Å². The molecule has 1 fully saturated rings. The average Bonchev–Trinajstić information content (AvgIpc) is 3.18. The topological polar surface area (TPSA) is 75.2 Å². The SMILES string of the molecule is O=C(Nc1nncs1)C1CCCN1C(=O)c1ccccc1. The second kappa shape index (κ2) is 6.01. The minimum absolute atomic E-state index is 0.106. The fraction of sp³-hybridized carbons (Fsp3) is 0.286. The number of hydrogen-bond acceptors (Lipinski definition) is 5. The molecule has 1 aliphatic heterocycles. The van der Waals surface area contributed by atoms with E-state index in [1.54, 1.807) is 22.5 Å². The number of carbonyl (C=O) groups excluding carboxylic acids is 2. The maximum atomic E-state index is 12.5. The second-order valence-corrected chi connectivity index (χ2v) is 5.59. The van der Waals surface area contributed by atoms with Crippen molar-refractivity contribution in [2.75, 3.05) is 11.9 Å². The third-order valence-corrected chi connectivity index (χ3v) is 4.03. The number of amides is 2. The van der Waals surface area contributed by atoms with Crippen LogP contribution in [-0.2, 0) is 4.79 Å². The average molecular weight is 302 g/mol. The molecule has 7 heteroatoms. The lowest BCUT2D eigenvalue weighted by molar-refractivity contribution is -0.119. The van der Waals surface area contributed by atoms with Crippen molar-refractivity contribution >= 4 is 28.3 Å². The van der Waals surface area contributed by atoms with Gasteiger partial charge in [-0.05, 0) is 25.0 Å². The van der Waals surface area contributed by atoms with Crippen molar-refractivity contribution < 1.29 is 9.59 Å². The molecule has 0 radical (unpaired) electrons. The van der Waals surface area contributed by atoms with Crippen LogP contribution in [0.5, 0.6) is 0 Å². The third kappa shape index (κ3) is 2.92. The van der Waals surface area contributed by atoms with E-state index in [0.717, 1.165) is 6.42 Å². The van der Waals surface area contributed by atoms with Crippen molar-refractivity contribution in [2.24, 2.45) is 0 Å². The number of anilines is 1. The molecule has 2 amide bonds. The summed E-state index contributed by atoms with van der Waals surface area (Å²) in [6.07, 6.45) is 1.50. The molecule has 1 unspecified atom stereocenters. The van der Waals surface area contributed by atoms with Crippen molar-refractivity contribution in [3.63, 3.8) is 0 Å². The molecule has 2 aromatic rings. The zero-order chi connectivity index (χ0) is 14.7. The predicted molar refractivity (Wildman–Crippen MR) is 79.0 cm³/mol. The molecule has 0 bridgehead atoms. The molecule has 0 aliphatic carbocycles. The van der Waals surface area contributed by atoms with Gasteiger partial charge in [-0.15, -0.1) is 10.2 Å². The summed E-state index contributed by atoms with van der Waals surface area (Å²) < 4.78 is 0.